The van der Waals surface area contributed by atoms with Gasteiger partial charge >= 0.3 is 0 Å². The number of nitrogens with zero attached hydrogens (tertiary/aromatic N) is 3. The molecule has 1 aliphatic rings. The summed E-state index contributed by atoms with van der Waals surface area (Å²) in [5.74, 6) is 0.459. The third-order valence-corrected chi connectivity index (χ3v) is 5.08. The molecule has 0 bridgehead atoms. The maximum Gasteiger partial charge on any atom is 0.257 e. The van der Waals surface area contributed by atoms with E-state index in [1.165, 1.54) is 22.3 Å². The van der Waals surface area contributed by atoms with Gasteiger partial charge in [-0.1, -0.05) is 30.3 Å². The van der Waals surface area contributed by atoms with Crippen LogP contribution in [0.25, 0.3) is 0 Å². The van der Waals surface area contributed by atoms with Gasteiger partial charge in [0, 0.05) is 31.2 Å². The maximum atomic E-state index is 12.8. The molecule has 0 atom stereocenters. The number of rotatable bonds is 3. The number of carbonyl (C=O) groups excluding carboxylic acids is 1. The van der Waals surface area contributed by atoms with Crippen LogP contribution in [0.5, 0.6) is 0 Å². The summed E-state index contributed by atoms with van der Waals surface area (Å²) in [6.45, 7) is 5.51. The standard InChI is InChI=1S/C22H22N4O/c1-15-7-8-20(11-16(15)2)25-22-23-12-19(13-24-22)21(27)26-10-9-17-5-3-4-6-18(17)14-26/h3-8,11-13H,9-10,14H2,1-2H3,(H,23,24,25). The summed E-state index contributed by atoms with van der Waals surface area (Å²) < 4.78 is 0. The molecule has 0 fully saturated rings. The van der Waals surface area contributed by atoms with Crippen LogP contribution in [-0.4, -0.2) is 27.3 Å². The predicted molar refractivity (Wildman–Crippen MR) is 106 cm³/mol. The average Bonchev–Trinajstić information content (AvgIpc) is 2.70. The third kappa shape index (κ3) is 3.67. The fourth-order valence-corrected chi connectivity index (χ4v) is 3.30. The molecule has 1 aromatic heterocycles. The zero-order valence-corrected chi connectivity index (χ0v) is 15.6. The summed E-state index contributed by atoms with van der Waals surface area (Å²) in [7, 11) is 0. The van der Waals surface area contributed by atoms with E-state index in [4.69, 9.17) is 0 Å². The molecule has 0 aliphatic carbocycles. The second kappa shape index (κ2) is 7.19. The highest BCUT2D eigenvalue weighted by Gasteiger charge is 2.22. The van der Waals surface area contributed by atoms with Crippen molar-refractivity contribution in [3.05, 3.63) is 82.7 Å². The van der Waals surface area contributed by atoms with Crippen molar-refractivity contribution in [3.8, 4) is 0 Å². The van der Waals surface area contributed by atoms with Gasteiger partial charge in [-0.3, -0.25) is 4.79 Å². The molecule has 5 nitrogen and oxygen atoms in total. The Balaban J connectivity index is 1.46. The van der Waals surface area contributed by atoms with Gasteiger partial charge in [-0.25, -0.2) is 9.97 Å². The molecule has 3 aromatic rings. The molecule has 136 valence electrons. The molecule has 2 aromatic carbocycles. The zero-order valence-electron chi connectivity index (χ0n) is 15.6. The van der Waals surface area contributed by atoms with Crippen LogP contribution < -0.4 is 5.32 Å². The van der Waals surface area contributed by atoms with Crippen molar-refractivity contribution >= 4 is 17.5 Å². The Bertz CT molecular complexity index is 982. The van der Waals surface area contributed by atoms with Crippen LogP contribution in [0.1, 0.15) is 32.6 Å². The van der Waals surface area contributed by atoms with Gasteiger partial charge in [0.2, 0.25) is 5.95 Å². The van der Waals surface area contributed by atoms with Crippen molar-refractivity contribution in [2.75, 3.05) is 11.9 Å². The van der Waals surface area contributed by atoms with Gasteiger partial charge in [0.05, 0.1) is 5.56 Å². The Morgan fingerprint density at radius 3 is 2.48 bits per heavy atom. The summed E-state index contributed by atoms with van der Waals surface area (Å²) in [5, 5.41) is 3.18. The highest BCUT2D eigenvalue weighted by atomic mass is 16.2. The Labute approximate surface area is 159 Å². The van der Waals surface area contributed by atoms with Crippen LogP contribution in [0.2, 0.25) is 0 Å². The molecule has 2 heterocycles. The molecule has 0 radical (unpaired) electrons. The highest BCUT2D eigenvalue weighted by Crippen LogP contribution is 2.21. The number of fused-ring (bicyclic) bond motifs is 1. The normalized spacial score (nSPS) is 13.2. The van der Waals surface area contributed by atoms with Gasteiger partial charge in [-0.15, -0.1) is 0 Å². The van der Waals surface area contributed by atoms with Crippen LogP contribution in [0.4, 0.5) is 11.6 Å². The molecule has 4 rings (SSSR count). The number of hydrogen-bond donors (Lipinski definition) is 1. The molecule has 27 heavy (non-hydrogen) atoms. The lowest BCUT2D eigenvalue weighted by Crippen LogP contribution is -2.36. The summed E-state index contributed by atoms with van der Waals surface area (Å²) in [4.78, 5) is 23.3. The highest BCUT2D eigenvalue weighted by molar-refractivity contribution is 5.93. The first-order chi connectivity index (χ1) is 13.1. The minimum Gasteiger partial charge on any atom is -0.334 e. The molecule has 5 heteroatoms. The third-order valence-electron chi connectivity index (χ3n) is 5.08. The van der Waals surface area contributed by atoms with Gasteiger partial charge in [-0.2, -0.15) is 0 Å². The summed E-state index contributed by atoms with van der Waals surface area (Å²) in [6, 6.07) is 14.4. The summed E-state index contributed by atoms with van der Waals surface area (Å²) >= 11 is 0. The van der Waals surface area contributed by atoms with Gasteiger partial charge in [0.15, 0.2) is 0 Å². The fraction of sp³-hybridized carbons (Fsp3) is 0.227. The number of aromatic nitrogens is 2. The Morgan fingerprint density at radius 2 is 1.74 bits per heavy atom. The lowest BCUT2D eigenvalue weighted by Gasteiger charge is -2.28. The number of nitrogens with one attached hydrogen (secondary N) is 1. The molecule has 0 spiro atoms. The Hall–Kier alpha value is -3.21. The van der Waals surface area contributed by atoms with E-state index in [2.05, 4.69) is 53.4 Å². The number of aryl methyl sites for hydroxylation is 2. The molecule has 0 unspecified atom stereocenters. The minimum atomic E-state index is -0.0257. The van der Waals surface area contributed by atoms with Gasteiger partial charge < -0.3 is 10.2 Å². The van der Waals surface area contributed by atoms with Crippen LogP contribution in [0.15, 0.2) is 54.9 Å². The van der Waals surface area contributed by atoms with Gasteiger partial charge in [0.25, 0.3) is 5.91 Å². The Morgan fingerprint density at radius 1 is 1.00 bits per heavy atom. The molecule has 1 amide bonds. The molecular formula is C22H22N4O. The summed E-state index contributed by atoms with van der Waals surface area (Å²) in [6.07, 6.45) is 4.08. The SMILES string of the molecule is Cc1ccc(Nc2ncc(C(=O)N3CCc4ccccc4C3)cn2)cc1C. The van der Waals surface area contributed by atoms with Gasteiger partial charge in [0.1, 0.15) is 0 Å². The Kier molecular flexibility index (Phi) is 4.59. The van der Waals surface area contributed by atoms with E-state index in [0.29, 0.717) is 18.1 Å². The van der Waals surface area contributed by atoms with Crippen molar-refractivity contribution < 1.29 is 4.79 Å². The second-order valence-corrected chi connectivity index (χ2v) is 6.96. The van der Waals surface area contributed by atoms with Crippen molar-refractivity contribution in [1.29, 1.82) is 0 Å². The number of carbonyl (C=O) groups is 1. The molecular weight excluding hydrogens is 336 g/mol. The first-order valence-corrected chi connectivity index (χ1v) is 9.12. The molecule has 0 saturated carbocycles. The van der Waals surface area contributed by atoms with Crippen molar-refractivity contribution in [2.24, 2.45) is 0 Å². The fourth-order valence-electron chi connectivity index (χ4n) is 3.30. The predicted octanol–water partition coefficient (Wildman–Crippen LogP) is 4.04. The minimum absolute atomic E-state index is 0.0257. The van der Waals surface area contributed by atoms with Crippen LogP contribution in [0.3, 0.4) is 0 Å². The number of hydrogen-bond acceptors (Lipinski definition) is 4. The lowest BCUT2D eigenvalue weighted by molar-refractivity contribution is 0.0734. The quantitative estimate of drug-likeness (QED) is 0.768. The number of amides is 1. The van der Waals surface area contributed by atoms with Gasteiger partial charge in [-0.05, 0) is 54.7 Å². The van der Waals surface area contributed by atoms with E-state index >= 15 is 0 Å². The van der Waals surface area contributed by atoms with E-state index in [1.807, 2.05) is 23.1 Å². The van der Waals surface area contributed by atoms with E-state index < -0.39 is 0 Å². The molecule has 1 aliphatic heterocycles. The van der Waals surface area contributed by atoms with Crippen LogP contribution in [0, 0.1) is 13.8 Å². The second-order valence-electron chi connectivity index (χ2n) is 6.96. The molecule has 0 saturated heterocycles. The smallest absolute Gasteiger partial charge is 0.257 e. The molecule has 1 N–H and O–H groups in total. The first kappa shape index (κ1) is 17.2. The topological polar surface area (TPSA) is 58.1 Å². The number of benzene rings is 2. The van der Waals surface area contributed by atoms with Crippen LogP contribution in [-0.2, 0) is 13.0 Å². The number of anilines is 2. The van der Waals surface area contributed by atoms with E-state index in [1.54, 1.807) is 12.4 Å². The van der Waals surface area contributed by atoms with Crippen LogP contribution >= 0.6 is 0 Å². The lowest BCUT2D eigenvalue weighted by atomic mass is 9.99. The van der Waals surface area contributed by atoms with E-state index in [0.717, 1.165) is 18.7 Å². The van der Waals surface area contributed by atoms with Crippen molar-refractivity contribution in [2.45, 2.75) is 26.8 Å². The van der Waals surface area contributed by atoms with Crippen molar-refractivity contribution in [3.63, 3.8) is 0 Å². The largest absolute Gasteiger partial charge is 0.334 e. The monoisotopic (exact) mass is 358 g/mol. The zero-order chi connectivity index (χ0) is 18.8. The first-order valence-electron chi connectivity index (χ1n) is 9.12. The van der Waals surface area contributed by atoms with E-state index in [-0.39, 0.29) is 5.91 Å². The average molecular weight is 358 g/mol. The van der Waals surface area contributed by atoms with E-state index in [9.17, 15) is 4.79 Å². The van der Waals surface area contributed by atoms with Crippen molar-refractivity contribution in [1.82, 2.24) is 14.9 Å². The maximum absolute atomic E-state index is 12.8. The summed E-state index contributed by atoms with van der Waals surface area (Å²) in [5.41, 5.74) is 6.43.